The lowest BCUT2D eigenvalue weighted by Crippen LogP contribution is -2.27. The Morgan fingerprint density at radius 2 is 1.89 bits per heavy atom. The molecule has 0 unspecified atom stereocenters. The topological polar surface area (TPSA) is 76.3 Å². The van der Waals surface area contributed by atoms with Crippen LogP contribution < -0.4 is 5.73 Å². The number of aromatic nitrogens is 1. The summed E-state index contributed by atoms with van der Waals surface area (Å²) in [6.07, 6.45) is 7.59. The average molecular weight is 249 g/mol. The SMILES string of the molecule is NC=O.O=C(CCc1ccncc1)N1CCCC1. The van der Waals surface area contributed by atoms with E-state index in [0.29, 0.717) is 12.3 Å². The number of hydrogen-bond donors (Lipinski definition) is 1. The number of likely N-dealkylation sites (tertiary alicyclic amines) is 1. The van der Waals surface area contributed by atoms with E-state index in [1.165, 1.54) is 18.4 Å². The van der Waals surface area contributed by atoms with Crippen molar-refractivity contribution in [3.8, 4) is 0 Å². The first kappa shape index (κ1) is 14.2. The molecular weight excluding hydrogens is 230 g/mol. The zero-order valence-corrected chi connectivity index (χ0v) is 10.4. The van der Waals surface area contributed by atoms with E-state index in [1.807, 2.05) is 17.0 Å². The zero-order chi connectivity index (χ0) is 13.2. The highest BCUT2D eigenvalue weighted by atomic mass is 16.2. The third-order valence-corrected chi connectivity index (χ3v) is 2.84. The zero-order valence-electron chi connectivity index (χ0n) is 10.4. The molecule has 0 aliphatic carbocycles. The second-order valence-electron chi connectivity index (χ2n) is 4.08. The minimum absolute atomic E-state index is 0.250. The van der Waals surface area contributed by atoms with E-state index in [4.69, 9.17) is 4.79 Å². The third kappa shape index (κ3) is 4.95. The molecule has 18 heavy (non-hydrogen) atoms. The van der Waals surface area contributed by atoms with Crippen molar-refractivity contribution in [3.05, 3.63) is 30.1 Å². The summed E-state index contributed by atoms with van der Waals surface area (Å²) < 4.78 is 0. The number of carbonyl (C=O) groups is 2. The molecule has 2 N–H and O–H groups in total. The van der Waals surface area contributed by atoms with Gasteiger partial charge in [-0.05, 0) is 37.0 Å². The number of pyridine rings is 1. The Kier molecular flexibility index (Phi) is 6.46. The second-order valence-corrected chi connectivity index (χ2v) is 4.08. The van der Waals surface area contributed by atoms with Gasteiger partial charge in [0.1, 0.15) is 0 Å². The Balaban J connectivity index is 0.000000492. The number of hydrogen-bond acceptors (Lipinski definition) is 3. The lowest BCUT2D eigenvalue weighted by molar-refractivity contribution is -0.130. The van der Waals surface area contributed by atoms with E-state index in [9.17, 15) is 4.79 Å². The van der Waals surface area contributed by atoms with Crippen LogP contribution in [-0.4, -0.2) is 35.3 Å². The summed E-state index contributed by atoms with van der Waals surface area (Å²) in [5, 5.41) is 0. The normalized spacial score (nSPS) is 13.7. The van der Waals surface area contributed by atoms with Crippen molar-refractivity contribution in [2.24, 2.45) is 5.73 Å². The average Bonchev–Trinajstić information content (AvgIpc) is 2.92. The van der Waals surface area contributed by atoms with E-state index >= 15 is 0 Å². The summed E-state index contributed by atoms with van der Waals surface area (Å²) in [6.45, 7) is 1.91. The van der Waals surface area contributed by atoms with Crippen LogP contribution in [0, 0.1) is 0 Å². The van der Waals surface area contributed by atoms with Crippen LogP contribution in [0.1, 0.15) is 24.8 Å². The van der Waals surface area contributed by atoms with Gasteiger partial charge in [-0.3, -0.25) is 14.6 Å². The van der Waals surface area contributed by atoms with Crippen LogP contribution in [0.15, 0.2) is 24.5 Å². The van der Waals surface area contributed by atoms with Gasteiger partial charge in [-0.15, -0.1) is 0 Å². The summed E-state index contributed by atoms with van der Waals surface area (Å²) >= 11 is 0. The van der Waals surface area contributed by atoms with E-state index in [1.54, 1.807) is 12.4 Å². The first-order chi connectivity index (χ1) is 8.77. The van der Waals surface area contributed by atoms with Crippen LogP contribution in [-0.2, 0) is 16.0 Å². The molecule has 1 aliphatic rings. The number of aryl methyl sites for hydroxylation is 1. The predicted molar refractivity (Wildman–Crippen MR) is 68.6 cm³/mol. The minimum atomic E-state index is 0.250. The molecule has 0 spiro atoms. The van der Waals surface area contributed by atoms with Gasteiger partial charge in [-0.25, -0.2) is 0 Å². The summed E-state index contributed by atoms with van der Waals surface area (Å²) in [6, 6.07) is 3.94. The smallest absolute Gasteiger partial charge is 0.222 e. The molecule has 1 aliphatic heterocycles. The Morgan fingerprint density at radius 1 is 1.33 bits per heavy atom. The Labute approximate surface area is 107 Å². The van der Waals surface area contributed by atoms with Crippen LogP contribution in [0.5, 0.6) is 0 Å². The number of nitrogens with zero attached hydrogens (tertiary/aromatic N) is 2. The summed E-state index contributed by atoms with van der Waals surface area (Å²) in [5.74, 6) is 0.296. The van der Waals surface area contributed by atoms with Gasteiger partial charge in [-0.2, -0.15) is 0 Å². The first-order valence-corrected chi connectivity index (χ1v) is 6.10. The van der Waals surface area contributed by atoms with E-state index in [0.717, 1.165) is 19.5 Å². The van der Waals surface area contributed by atoms with Gasteiger partial charge in [0, 0.05) is 31.9 Å². The maximum Gasteiger partial charge on any atom is 0.222 e. The molecule has 2 rings (SSSR count). The standard InChI is InChI=1S/C12H16N2O.CH3NO/c15-12(14-9-1-2-10-14)4-3-11-5-7-13-8-6-11;2-1-3/h5-8H,1-4,9-10H2;1H,(H2,2,3). The van der Waals surface area contributed by atoms with E-state index in [-0.39, 0.29) is 6.41 Å². The summed E-state index contributed by atoms with van der Waals surface area (Å²) in [4.78, 5) is 26.2. The Bertz CT molecular complexity index is 362. The fourth-order valence-electron chi connectivity index (χ4n) is 1.93. The van der Waals surface area contributed by atoms with Crippen LogP contribution >= 0.6 is 0 Å². The van der Waals surface area contributed by atoms with Crippen LogP contribution in [0.2, 0.25) is 0 Å². The highest BCUT2D eigenvalue weighted by Crippen LogP contribution is 2.10. The molecule has 1 fully saturated rings. The van der Waals surface area contributed by atoms with Crippen molar-refractivity contribution in [1.82, 2.24) is 9.88 Å². The van der Waals surface area contributed by atoms with Crippen molar-refractivity contribution in [2.45, 2.75) is 25.7 Å². The molecule has 5 nitrogen and oxygen atoms in total. The monoisotopic (exact) mass is 249 g/mol. The molecule has 0 bridgehead atoms. The van der Waals surface area contributed by atoms with Gasteiger partial charge in [-0.1, -0.05) is 0 Å². The minimum Gasteiger partial charge on any atom is -0.372 e. The van der Waals surface area contributed by atoms with Crippen molar-refractivity contribution < 1.29 is 9.59 Å². The van der Waals surface area contributed by atoms with Crippen LogP contribution in [0.25, 0.3) is 0 Å². The van der Waals surface area contributed by atoms with E-state index < -0.39 is 0 Å². The summed E-state index contributed by atoms with van der Waals surface area (Å²) in [5.41, 5.74) is 5.36. The van der Waals surface area contributed by atoms with Gasteiger partial charge in [0.15, 0.2) is 0 Å². The molecule has 2 heterocycles. The molecule has 0 atom stereocenters. The summed E-state index contributed by atoms with van der Waals surface area (Å²) in [7, 11) is 0. The van der Waals surface area contributed by atoms with Crippen molar-refractivity contribution in [1.29, 1.82) is 0 Å². The predicted octanol–water partition coefficient (Wildman–Crippen LogP) is 0.738. The van der Waals surface area contributed by atoms with Crippen LogP contribution in [0.3, 0.4) is 0 Å². The molecule has 1 saturated heterocycles. The number of rotatable bonds is 3. The molecule has 1 aromatic rings. The van der Waals surface area contributed by atoms with Crippen molar-refractivity contribution in [3.63, 3.8) is 0 Å². The number of amides is 2. The van der Waals surface area contributed by atoms with E-state index in [2.05, 4.69) is 10.7 Å². The lowest BCUT2D eigenvalue weighted by Gasteiger charge is -2.14. The lowest BCUT2D eigenvalue weighted by atomic mass is 10.1. The maximum atomic E-state index is 11.7. The second kappa shape index (κ2) is 8.22. The van der Waals surface area contributed by atoms with Gasteiger partial charge < -0.3 is 10.6 Å². The number of carbonyl (C=O) groups excluding carboxylic acids is 2. The first-order valence-electron chi connectivity index (χ1n) is 6.10. The fourth-order valence-corrected chi connectivity index (χ4v) is 1.93. The highest BCUT2D eigenvalue weighted by molar-refractivity contribution is 5.76. The van der Waals surface area contributed by atoms with Crippen LogP contribution in [0.4, 0.5) is 0 Å². The largest absolute Gasteiger partial charge is 0.372 e. The molecule has 0 saturated carbocycles. The number of primary amides is 1. The number of nitrogens with two attached hydrogens (primary N) is 1. The van der Waals surface area contributed by atoms with Gasteiger partial charge in [0.05, 0.1) is 0 Å². The molecular formula is C13H19N3O2. The Morgan fingerprint density at radius 3 is 2.44 bits per heavy atom. The van der Waals surface area contributed by atoms with Crippen molar-refractivity contribution in [2.75, 3.05) is 13.1 Å². The molecule has 98 valence electrons. The highest BCUT2D eigenvalue weighted by Gasteiger charge is 2.16. The molecule has 5 heteroatoms. The third-order valence-electron chi connectivity index (χ3n) is 2.84. The van der Waals surface area contributed by atoms with Crippen molar-refractivity contribution >= 4 is 12.3 Å². The molecule has 2 amide bonds. The fraction of sp³-hybridized carbons (Fsp3) is 0.462. The van der Waals surface area contributed by atoms with Gasteiger partial charge >= 0.3 is 0 Å². The molecule has 0 aromatic carbocycles. The molecule has 1 aromatic heterocycles. The quantitative estimate of drug-likeness (QED) is 0.803. The Hall–Kier alpha value is -1.91. The van der Waals surface area contributed by atoms with Gasteiger partial charge in [0.25, 0.3) is 0 Å². The molecule has 0 radical (unpaired) electrons. The maximum absolute atomic E-state index is 11.7. The van der Waals surface area contributed by atoms with Gasteiger partial charge in [0.2, 0.25) is 12.3 Å².